The zero-order chi connectivity index (χ0) is 12.7. The van der Waals surface area contributed by atoms with Crippen molar-refractivity contribution in [1.82, 2.24) is 5.32 Å². The van der Waals surface area contributed by atoms with Gasteiger partial charge in [-0.2, -0.15) is 0 Å². The molecule has 0 unspecified atom stereocenters. The Bertz CT molecular complexity index is 350. The van der Waals surface area contributed by atoms with Gasteiger partial charge in [0.1, 0.15) is 18.4 Å². The zero-order valence-corrected chi connectivity index (χ0v) is 9.72. The minimum atomic E-state index is -0.867. The molecule has 0 spiro atoms. The first-order chi connectivity index (χ1) is 8.17. The fourth-order valence-electron chi connectivity index (χ4n) is 1.43. The predicted molar refractivity (Wildman–Crippen MR) is 63.2 cm³/mol. The van der Waals surface area contributed by atoms with Gasteiger partial charge in [0.25, 0.3) is 0 Å². The second-order valence-corrected chi connectivity index (χ2v) is 3.60. The van der Waals surface area contributed by atoms with Gasteiger partial charge in [-0.3, -0.25) is 4.79 Å². The van der Waals surface area contributed by atoms with E-state index in [1.54, 1.807) is 19.2 Å². The molecule has 0 bridgehead atoms. The van der Waals surface area contributed by atoms with Crippen LogP contribution < -0.4 is 10.1 Å². The molecule has 0 aliphatic rings. The van der Waals surface area contributed by atoms with Gasteiger partial charge in [-0.05, 0) is 31.2 Å². The molecule has 3 N–H and O–H groups in total. The second kappa shape index (κ2) is 6.88. The lowest BCUT2D eigenvalue weighted by molar-refractivity contribution is -0.139. The van der Waals surface area contributed by atoms with Crippen LogP contribution in [0.2, 0.25) is 0 Å². The van der Waals surface area contributed by atoms with E-state index in [1.807, 2.05) is 12.1 Å². The molecule has 0 saturated carbocycles. The number of nitrogens with one attached hydrogen (secondary N) is 1. The molecule has 0 radical (unpaired) electrons. The van der Waals surface area contributed by atoms with Crippen LogP contribution in [0.15, 0.2) is 24.3 Å². The number of ether oxygens (including phenoxy) is 1. The molecule has 0 heterocycles. The smallest absolute Gasteiger partial charge is 0.321 e. The van der Waals surface area contributed by atoms with Crippen molar-refractivity contribution in [2.45, 2.75) is 12.5 Å². The molecule has 0 fully saturated rings. The van der Waals surface area contributed by atoms with Crippen LogP contribution in [-0.4, -0.2) is 42.5 Å². The van der Waals surface area contributed by atoms with Crippen LogP contribution in [0.3, 0.4) is 0 Å². The lowest BCUT2D eigenvalue weighted by atomic mass is 10.1. The molecule has 0 saturated heterocycles. The fraction of sp³-hybridized carbons (Fsp3) is 0.417. The van der Waals surface area contributed by atoms with Gasteiger partial charge in [0.2, 0.25) is 0 Å². The normalized spacial score (nSPS) is 12.1. The average Bonchev–Trinajstić information content (AvgIpc) is 2.34. The third-order valence-corrected chi connectivity index (χ3v) is 2.37. The van der Waals surface area contributed by atoms with Crippen molar-refractivity contribution >= 4 is 5.97 Å². The van der Waals surface area contributed by atoms with E-state index in [0.29, 0.717) is 12.2 Å². The van der Waals surface area contributed by atoms with Crippen molar-refractivity contribution in [2.24, 2.45) is 0 Å². The Hall–Kier alpha value is -1.59. The average molecular weight is 239 g/mol. The van der Waals surface area contributed by atoms with Crippen LogP contribution in [0, 0.1) is 0 Å². The summed E-state index contributed by atoms with van der Waals surface area (Å²) in [5.41, 5.74) is 0.920. The predicted octanol–water partition coefficient (Wildman–Crippen LogP) is 0.273. The number of aliphatic carboxylic acids is 1. The molecule has 1 aromatic carbocycles. The largest absolute Gasteiger partial charge is 0.491 e. The van der Waals surface area contributed by atoms with E-state index < -0.39 is 12.0 Å². The second-order valence-electron chi connectivity index (χ2n) is 3.60. The van der Waals surface area contributed by atoms with E-state index in [0.717, 1.165) is 5.56 Å². The number of hydrogen-bond donors (Lipinski definition) is 3. The summed E-state index contributed by atoms with van der Waals surface area (Å²) in [6.07, 6.45) is 0.423. The molecule has 1 aromatic rings. The maximum absolute atomic E-state index is 10.8. The van der Waals surface area contributed by atoms with Crippen LogP contribution in [0.25, 0.3) is 0 Å². The lowest BCUT2D eigenvalue weighted by Gasteiger charge is -2.11. The van der Waals surface area contributed by atoms with Crippen LogP contribution in [0.4, 0.5) is 0 Å². The summed E-state index contributed by atoms with van der Waals surface area (Å²) in [6, 6.07) is 6.58. The minimum Gasteiger partial charge on any atom is -0.491 e. The molecule has 17 heavy (non-hydrogen) atoms. The summed E-state index contributed by atoms with van der Waals surface area (Å²) < 4.78 is 5.21. The summed E-state index contributed by atoms with van der Waals surface area (Å²) in [5, 5.41) is 20.2. The molecule has 0 aliphatic carbocycles. The van der Waals surface area contributed by atoms with Crippen LogP contribution >= 0.6 is 0 Å². The first-order valence-electron chi connectivity index (χ1n) is 5.40. The molecular formula is C12H17NO4. The summed E-state index contributed by atoms with van der Waals surface area (Å²) in [4.78, 5) is 10.8. The Morgan fingerprint density at radius 1 is 1.41 bits per heavy atom. The third kappa shape index (κ3) is 4.42. The van der Waals surface area contributed by atoms with Gasteiger partial charge >= 0.3 is 5.97 Å². The molecule has 5 heteroatoms. The van der Waals surface area contributed by atoms with E-state index in [-0.39, 0.29) is 13.2 Å². The van der Waals surface area contributed by atoms with Crippen molar-refractivity contribution in [3.05, 3.63) is 29.8 Å². The molecule has 1 rings (SSSR count). The van der Waals surface area contributed by atoms with Gasteiger partial charge in [-0.1, -0.05) is 12.1 Å². The standard InChI is InChI=1S/C12H17NO4/c1-13-11(12(15)16)8-9-2-4-10(5-3-9)17-7-6-14/h2-5,11,13-14H,6-8H2,1H3,(H,15,16)/t11-/m0/s1. The summed E-state index contributed by atoms with van der Waals surface area (Å²) in [5.74, 6) is -0.202. The molecule has 1 atom stereocenters. The Kier molecular flexibility index (Phi) is 5.45. The number of carbonyl (C=O) groups is 1. The number of benzene rings is 1. The molecule has 0 aliphatic heterocycles. The van der Waals surface area contributed by atoms with E-state index >= 15 is 0 Å². The van der Waals surface area contributed by atoms with Crippen molar-refractivity contribution in [2.75, 3.05) is 20.3 Å². The number of carboxylic acids is 1. The molecule has 5 nitrogen and oxygen atoms in total. The monoisotopic (exact) mass is 239 g/mol. The van der Waals surface area contributed by atoms with E-state index in [1.165, 1.54) is 0 Å². The molecule has 0 amide bonds. The Morgan fingerprint density at radius 3 is 2.53 bits per heavy atom. The summed E-state index contributed by atoms with van der Waals surface area (Å²) >= 11 is 0. The van der Waals surface area contributed by atoms with Gasteiger partial charge < -0.3 is 20.3 Å². The zero-order valence-electron chi connectivity index (χ0n) is 9.72. The summed E-state index contributed by atoms with van der Waals surface area (Å²) in [7, 11) is 1.62. The van der Waals surface area contributed by atoms with Gasteiger partial charge in [0, 0.05) is 0 Å². The Balaban J connectivity index is 2.58. The number of aliphatic hydroxyl groups excluding tert-OH is 1. The number of hydrogen-bond acceptors (Lipinski definition) is 4. The lowest BCUT2D eigenvalue weighted by Crippen LogP contribution is -2.35. The van der Waals surface area contributed by atoms with Crippen LogP contribution in [0.5, 0.6) is 5.75 Å². The minimum absolute atomic E-state index is 0.0252. The highest BCUT2D eigenvalue weighted by molar-refractivity contribution is 5.73. The maximum atomic E-state index is 10.8. The topological polar surface area (TPSA) is 78.8 Å². The van der Waals surface area contributed by atoms with Gasteiger partial charge in [-0.25, -0.2) is 0 Å². The molecule has 94 valence electrons. The SMILES string of the molecule is CN[C@@H](Cc1ccc(OCCO)cc1)C(=O)O. The van der Waals surface area contributed by atoms with E-state index in [9.17, 15) is 4.79 Å². The highest BCUT2D eigenvalue weighted by Gasteiger charge is 2.14. The molecule has 0 aromatic heterocycles. The van der Waals surface area contributed by atoms with Crippen molar-refractivity contribution in [1.29, 1.82) is 0 Å². The first-order valence-corrected chi connectivity index (χ1v) is 5.40. The van der Waals surface area contributed by atoms with Crippen LogP contribution in [-0.2, 0) is 11.2 Å². The summed E-state index contributed by atoms with van der Waals surface area (Å²) in [6.45, 7) is 0.232. The first kappa shape index (κ1) is 13.5. The Labute approximate surface area is 100 Å². The van der Waals surface area contributed by atoms with Crippen molar-refractivity contribution in [3.8, 4) is 5.75 Å². The van der Waals surface area contributed by atoms with Crippen molar-refractivity contribution < 1.29 is 19.7 Å². The highest BCUT2D eigenvalue weighted by Crippen LogP contribution is 2.13. The maximum Gasteiger partial charge on any atom is 0.321 e. The van der Waals surface area contributed by atoms with Gasteiger partial charge in [-0.15, -0.1) is 0 Å². The van der Waals surface area contributed by atoms with E-state index in [2.05, 4.69) is 5.32 Å². The Morgan fingerprint density at radius 2 is 2.06 bits per heavy atom. The van der Waals surface area contributed by atoms with E-state index in [4.69, 9.17) is 14.9 Å². The molecular weight excluding hydrogens is 222 g/mol. The quantitative estimate of drug-likeness (QED) is 0.636. The highest BCUT2D eigenvalue weighted by atomic mass is 16.5. The number of aliphatic hydroxyl groups is 1. The van der Waals surface area contributed by atoms with Gasteiger partial charge in [0.05, 0.1) is 6.61 Å². The third-order valence-electron chi connectivity index (χ3n) is 2.37. The number of likely N-dealkylation sites (N-methyl/N-ethyl adjacent to an activating group) is 1. The number of carboxylic acid groups (broad SMARTS) is 1. The van der Waals surface area contributed by atoms with Crippen LogP contribution in [0.1, 0.15) is 5.56 Å². The fourth-order valence-corrected chi connectivity index (χ4v) is 1.43. The number of rotatable bonds is 7. The van der Waals surface area contributed by atoms with Gasteiger partial charge in [0.15, 0.2) is 0 Å². The van der Waals surface area contributed by atoms with Crippen molar-refractivity contribution in [3.63, 3.8) is 0 Å².